The number of esters is 1. The third-order valence-corrected chi connectivity index (χ3v) is 3.37. The van der Waals surface area contributed by atoms with Crippen molar-refractivity contribution in [3.05, 3.63) is 64.5 Å². The van der Waals surface area contributed by atoms with Gasteiger partial charge in [-0.3, -0.25) is 4.79 Å². The number of hydrogen-bond donors (Lipinski definition) is 1. The van der Waals surface area contributed by atoms with E-state index in [1.54, 1.807) is 0 Å². The van der Waals surface area contributed by atoms with Crippen LogP contribution in [0.25, 0.3) is 0 Å². The lowest BCUT2D eigenvalue weighted by atomic mass is 10.1. The number of benzene rings is 2. The van der Waals surface area contributed by atoms with Crippen LogP contribution in [-0.2, 0) is 9.53 Å². The van der Waals surface area contributed by atoms with Crippen molar-refractivity contribution < 1.29 is 18.7 Å². The molecule has 0 aliphatic heterocycles. The standard InChI is InChI=1S/C18H18FNO3/c1-11-8-12(2)17(13(3)9-11)20-16(21)10-23-18(22)14-6-4-5-7-15(14)19/h4-9H,10H2,1-3H3,(H,20,21). The average Bonchev–Trinajstić information content (AvgIpc) is 2.49. The van der Waals surface area contributed by atoms with Crippen LogP contribution in [0.5, 0.6) is 0 Å². The molecule has 0 heterocycles. The predicted molar refractivity (Wildman–Crippen MR) is 86.0 cm³/mol. The summed E-state index contributed by atoms with van der Waals surface area (Å²) in [5.41, 5.74) is 3.46. The van der Waals surface area contributed by atoms with Gasteiger partial charge in [0, 0.05) is 5.69 Å². The molecule has 120 valence electrons. The third-order valence-electron chi connectivity index (χ3n) is 3.37. The van der Waals surface area contributed by atoms with Gasteiger partial charge in [0.15, 0.2) is 6.61 Å². The van der Waals surface area contributed by atoms with Crippen molar-refractivity contribution in [2.45, 2.75) is 20.8 Å². The number of anilines is 1. The van der Waals surface area contributed by atoms with Crippen LogP contribution in [0.2, 0.25) is 0 Å². The maximum absolute atomic E-state index is 13.5. The summed E-state index contributed by atoms with van der Waals surface area (Å²) in [7, 11) is 0. The van der Waals surface area contributed by atoms with Crippen LogP contribution in [-0.4, -0.2) is 18.5 Å². The molecule has 1 amide bonds. The molecule has 0 aromatic heterocycles. The summed E-state index contributed by atoms with van der Waals surface area (Å²) < 4.78 is 18.3. The summed E-state index contributed by atoms with van der Waals surface area (Å²) in [6.07, 6.45) is 0. The molecule has 1 N–H and O–H groups in total. The fourth-order valence-corrected chi connectivity index (χ4v) is 2.39. The molecular weight excluding hydrogens is 297 g/mol. The zero-order chi connectivity index (χ0) is 17.0. The first kappa shape index (κ1) is 16.7. The zero-order valence-electron chi connectivity index (χ0n) is 13.3. The molecule has 0 fully saturated rings. The number of amides is 1. The van der Waals surface area contributed by atoms with Crippen molar-refractivity contribution >= 4 is 17.6 Å². The quantitative estimate of drug-likeness (QED) is 0.878. The summed E-state index contributed by atoms with van der Waals surface area (Å²) in [5.74, 6) is -2.01. The number of hydrogen-bond acceptors (Lipinski definition) is 3. The minimum Gasteiger partial charge on any atom is -0.452 e. The highest BCUT2D eigenvalue weighted by molar-refractivity contribution is 5.96. The van der Waals surface area contributed by atoms with Gasteiger partial charge in [0.05, 0.1) is 5.56 Å². The summed E-state index contributed by atoms with van der Waals surface area (Å²) in [5, 5.41) is 2.72. The van der Waals surface area contributed by atoms with Gasteiger partial charge in [0.25, 0.3) is 5.91 Å². The van der Waals surface area contributed by atoms with Gasteiger partial charge >= 0.3 is 5.97 Å². The molecule has 2 aromatic rings. The van der Waals surface area contributed by atoms with Crippen molar-refractivity contribution in [2.24, 2.45) is 0 Å². The Labute approximate surface area is 134 Å². The van der Waals surface area contributed by atoms with E-state index < -0.39 is 24.3 Å². The molecule has 2 aromatic carbocycles. The van der Waals surface area contributed by atoms with Crippen molar-refractivity contribution in [1.29, 1.82) is 0 Å². The Morgan fingerprint density at radius 2 is 1.70 bits per heavy atom. The number of carbonyl (C=O) groups is 2. The summed E-state index contributed by atoms with van der Waals surface area (Å²) in [6.45, 7) is 5.28. The minimum absolute atomic E-state index is 0.192. The van der Waals surface area contributed by atoms with E-state index in [1.807, 2.05) is 32.9 Å². The lowest BCUT2D eigenvalue weighted by Crippen LogP contribution is -2.22. The average molecular weight is 315 g/mol. The first-order valence-corrected chi connectivity index (χ1v) is 7.18. The molecule has 0 radical (unpaired) electrons. The van der Waals surface area contributed by atoms with Crippen molar-refractivity contribution in [2.75, 3.05) is 11.9 Å². The van der Waals surface area contributed by atoms with Crippen LogP contribution in [0.4, 0.5) is 10.1 Å². The Morgan fingerprint density at radius 3 is 2.30 bits per heavy atom. The van der Waals surface area contributed by atoms with Crippen LogP contribution in [0.3, 0.4) is 0 Å². The lowest BCUT2D eigenvalue weighted by Gasteiger charge is -2.13. The Balaban J connectivity index is 1.99. The second-order valence-corrected chi connectivity index (χ2v) is 5.38. The van der Waals surface area contributed by atoms with Gasteiger partial charge in [-0.25, -0.2) is 9.18 Å². The number of ether oxygens (including phenoxy) is 1. The molecule has 4 nitrogen and oxygen atoms in total. The van der Waals surface area contributed by atoms with E-state index in [0.717, 1.165) is 22.8 Å². The van der Waals surface area contributed by atoms with Gasteiger partial charge < -0.3 is 10.1 Å². The van der Waals surface area contributed by atoms with E-state index in [1.165, 1.54) is 18.2 Å². The molecular formula is C18H18FNO3. The van der Waals surface area contributed by atoms with Gasteiger partial charge in [-0.15, -0.1) is 0 Å². The van der Waals surface area contributed by atoms with Crippen LogP contribution in [0, 0.1) is 26.6 Å². The number of aryl methyl sites for hydroxylation is 3. The first-order valence-electron chi connectivity index (χ1n) is 7.18. The zero-order valence-corrected chi connectivity index (χ0v) is 13.3. The van der Waals surface area contributed by atoms with Gasteiger partial charge in [-0.1, -0.05) is 29.8 Å². The van der Waals surface area contributed by atoms with E-state index >= 15 is 0 Å². The summed E-state index contributed by atoms with van der Waals surface area (Å²) >= 11 is 0. The molecule has 23 heavy (non-hydrogen) atoms. The van der Waals surface area contributed by atoms with E-state index in [9.17, 15) is 14.0 Å². The van der Waals surface area contributed by atoms with Gasteiger partial charge in [0.1, 0.15) is 5.82 Å². The minimum atomic E-state index is -0.865. The molecule has 0 saturated heterocycles. The first-order chi connectivity index (χ1) is 10.9. The van der Waals surface area contributed by atoms with Gasteiger partial charge in [-0.2, -0.15) is 0 Å². The predicted octanol–water partition coefficient (Wildman–Crippen LogP) is 3.55. The smallest absolute Gasteiger partial charge is 0.341 e. The lowest BCUT2D eigenvalue weighted by molar-refractivity contribution is -0.119. The largest absolute Gasteiger partial charge is 0.452 e. The number of halogens is 1. The maximum Gasteiger partial charge on any atom is 0.341 e. The molecule has 0 spiro atoms. The molecule has 0 unspecified atom stereocenters. The SMILES string of the molecule is Cc1cc(C)c(NC(=O)COC(=O)c2ccccc2F)c(C)c1. The van der Waals surface area contributed by atoms with Gasteiger partial charge in [-0.05, 0) is 44.0 Å². The Bertz CT molecular complexity index is 733. The van der Waals surface area contributed by atoms with Crippen LogP contribution >= 0.6 is 0 Å². The van der Waals surface area contributed by atoms with Crippen molar-refractivity contribution in [1.82, 2.24) is 0 Å². The van der Waals surface area contributed by atoms with E-state index in [2.05, 4.69) is 5.32 Å². The highest BCUT2D eigenvalue weighted by atomic mass is 19.1. The number of carbonyl (C=O) groups excluding carboxylic acids is 2. The Hall–Kier alpha value is -2.69. The molecule has 2 rings (SSSR count). The molecule has 5 heteroatoms. The molecule has 0 saturated carbocycles. The number of rotatable bonds is 4. The number of nitrogens with one attached hydrogen (secondary N) is 1. The Morgan fingerprint density at radius 1 is 1.09 bits per heavy atom. The van der Waals surface area contributed by atoms with Crippen molar-refractivity contribution in [3.8, 4) is 0 Å². The second kappa shape index (κ2) is 7.05. The highest BCUT2D eigenvalue weighted by Gasteiger charge is 2.15. The molecule has 0 bridgehead atoms. The van der Waals surface area contributed by atoms with Crippen LogP contribution < -0.4 is 5.32 Å². The molecule has 0 aliphatic carbocycles. The topological polar surface area (TPSA) is 55.4 Å². The second-order valence-electron chi connectivity index (χ2n) is 5.38. The van der Waals surface area contributed by atoms with E-state index in [-0.39, 0.29) is 5.56 Å². The Kier molecular flexibility index (Phi) is 5.11. The monoisotopic (exact) mass is 315 g/mol. The normalized spacial score (nSPS) is 10.3. The fraction of sp³-hybridized carbons (Fsp3) is 0.222. The van der Waals surface area contributed by atoms with E-state index in [0.29, 0.717) is 5.69 Å². The third kappa shape index (κ3) is 4.16. The van der Waals surface area contributed by atoms with Gasteiger partial charge in [0.2, 0.25) is 0 Å². The van der Waals surface area contributed by atoms with Crippen LogP contribution in [0.1, 0.15) is 27.0 Å². The van der Waals surface area contributed by atoms with Crippen LogP contribution in [0.15, 0.2) is 36.4 Å². The highest BCUT2D eigenvalue weighted by Crippen LogP contribution is 2.21. The fourth-order valence-electron chi connectivity index (χ4n) is 2.39. The summed E-state index contributed by atoms with van der Waals surface area (Å²) in [6, 6.07) is 9.38. The molecule has 0 atom stereocenters. The summed E-state index contributed by atoms with van der Waals surface area (Å²) in [4.78, 5) is 23.7. The van der Waals surface area contributed by atoms with E-state index in [4.69, 9.17) is 4.74 Å². The maximum atomic E-state index is 13.5. The van der Waals surface area contributed by atoms with Crippen molar-refractivity contribution in [3.63, 3.8) is 0 Å². The molecule has 0 aliphatic rings.